The van der Waals surface area contributed by atoms with Crippen molar-refractivity contribution in [1.82, 2.24) is 0 Å². The second kappa shape index (κ2) is 5.00. The molecule has 0 bridgehead atoms. The summed E-state index contributed by atoms with van der Waals surface area (Å²) >= 11 is 0. The number of ether oxygens (including phenoxy) is 1. The Bertz CT molecular complexity index is 614. The second-order valence-corrected chi connectivity index (χ2v) is 4.71. The first-order valence-electron chi connectivity index (χ1n) is 6.29. The number of rotatable bonds is 3. The Hall–Kier alpha value is -2.30. The summed E-state index contributed by atoms with van der Waals surface area (Å²) in [5.74, 6) is 0.167. The van der Waals surface area contributed by atoms with E-state index >= 15 is 0 Å². The first kappa shape index (κ1) is 12.7. The number of hydrogen-bond donors (Lipinski definition) is 1. The Labute approximate surface area is 115 Å². The van der Waals surface area contributed by atoms with Crippen LogP contribution in [0.3, 0.4) is 0 Å². The summed E-state index contributed by atoms with van der Waals surface area (Å²) in [6, 6.07) is 12.5. The lowest BCUT2D eigenvalue weighted by molar-refractivity contribution is -0.0498. The second-order valence-electron chi connectivity index (χ2n) is 4.71. The maximum Gasteiger partial charge on any atom is 0.387 e. The molecule has 20 heavy (non-hydrogen) atoms. The number of nitrogens with zero attached hydrogens (tertiary/aromatic N) is 1. The minimum Gasteiger partial charge on any atom is -0.435 e. The third kappa shape index (κ3) is 2.39. The highest BCUT2D eigenvalue weighted by atomic mass is 19.3. The summed E-state index contributed by atoms with van der Waals surface area (Å²) in [4.78, 5) is 2.15. The monoisotopic (exact) mass is 276 g/mol. The van der Waals surface area contributed by atoms with E-state index in [1.54, 1.807) is 24.3 Å². The first-order valence-corrected chi connectivity index (χ1v) is 6.29. The average molecular weight is 276 g/mol. The number of nitrogens with two attached hydrogens (primary N) is 1. The van der Waals surface area contributed by atoms with Crippen molar-refractivity contribution in [1.29, 1.82) is 0 Å². The van der Waals surface area contributed by atoms with E-state index in [4.69, 9.17) is 5.73 Å². The molecule has 2 N–H and O–H groups in total. The lowest BCUT2D eigenvalue weighted by Gasteiger charge is -2.18. The van der Waals surface area contributed by atoms with Gasteiger partial charge in [0.15, 0.2) is 0 Å². The zero-order valence-electron chi connectivity index (χ0n) is 10.7. The predicted molar refractivity (Wildman–Crippen MR) is 73.8 cm³/mol. The maximum atomic E-state index is 12.1. The molecule has 0 fully saturated rings. The molecule has 0 aromatic heterocycles. The van der Waals surface area contributed by atoms with Gasteiger partial charge in [0.25, 0.3) is 0 Å². The highest BCUT2D eigenvalue weighted by Crippen LogP contribution is 2.32. The molecule has 0 spiro atoms. The molecule has 0 radical (unpaired) electrons. The third-order valence-electron chi connectivity index (χ3n) is 3.45. The van der Waals surface area contributed by atoms with E-state index in [9.17, 15) is 8.78 Å². The lowest BCUT2D eigenvalue weighted by atomic mass is 10.1. The number of anilines is 2. The normalized spacial score (nSPS) is 13.7. The zero-order chi connectivity index (χ0) is 14.1. The molecule has 0 amide bonds. The summed E-state index contributed by atoms with van der Waals surface area (Å²) in [6.07, 6.45) is 0. The molecule has 1 aliphatic heterocycles. The van der Waals surface area contributed by atoms with Gasteiger partial charge >= 0.3 is 6.61 Å². The van der Waals surface area contributed by atoms with Crippen LogP contribution in [0.4, 0.5) is 20.2 Å². The Morgan fingerprint density at radius 2 is 1.80 bits per heavy atom. The Kier molecular flexibility index (Phi) is 3.18. The molecule has 0 aliphatic carbocycles. The molecule has 0 saturated carbocycles. The van der Waals surface area contributed by atoms with Crippen LogP contribution in [-0.2, 0) is 13.1 Å². The highest BCUT2D eigenvalue weighted by molar-refractivity contribution is 5.60. The van der Waals surface area contributed by atoms with Gasteiger partial charge in [-0.05, 0) is 41.5 Å². The van der Waals surface area contributed by atoms with Crippen LogP contribution in [0.2, 0.25) is 0 Å². The van der Waals surface area contributed by atoms with Crippen LogP contribution in [0, 0.1) is 0 Å². The molecular formula is C15H14F2N2O. The highest BCUT2D eigenvalue weighted by Gasteiger charge is 2.20. The molecule has 3 nitrogen and oxygen atoms in total. The Balaban J connectivity index is 1.77. The van der Waals surface area contributed by atoms with Crippen molar-refractivity contribution in [2.45, 2.75) is 19.7 Å². The number of alkyl halides is 2. The van der Waals surface area contributed by atoms with E-state index < -0.39 is 6.61 Å². The lowest BCUT2D eigenvalue weighted by Crippen LogP contribution is -2.14. The largest absolute Gasteiger partial charge is 0.435 e. The van der Waals surface area contributed by atoms with Gasteiger partial charge in [-0.15, -0.1) is 0 Å². The van der Waals surface area contributed by atoms with Crippen molar-refractivity contribution < 1.29 is 13.5 Å². The van der Waals surface area contributed by atoms with Crippen molar-refractivity contribution in [3.63, 3.8) is 0 Å². The van der Waals surface area contributed by atoms with Crippen molar-refractivity contribution in [2.75, 3.05) is 10.6 Å². The molecule has 1 aliphatic rings. The van der Waals surface area contributed by atoms with Crippen molar-refractivity contribution in [2.24, 2.45) is 0 Å². The molecule has 0 atom stereocenters. The molecule has 104 valence electrons. The third-order valence-corrected chi connectivity index (χ3v) is 3.45. The van der Waals surface area contributed by atoms with E-state index in [0.29, 0.717) is 0 Å². The van der Waals surface area contributed by atoms with E-state index in [-0.39, 0.29) is 5.75 Å². The fourth-order valence-corrected chi connectivity index (χ4v) is 2.47. The van der Waals surface area contributed by atoms with Crippen molar-refractivity contribution >= 4 is 11.4 Å². The topological polar surface area (TPSA) is 38.5 Å². The van der Waals surface area contributed by atoms with Crippen LogP contribution < -0.4 is 15.4 Å². The number of hydrogen-bond acceptors (Lipinski definition) is 3. The molecule has 0 unspecified atom stereocenters. The van der Waals surface area contributed by atoms with E-state index in [0.717, 1.165) is 30.0 Å². The fourth-order valence-electron chi connectivity index (χ4n) is 2.47. The van der Waals surface area contributed by atoms with Crippen LogP contribution in [0.1, 0.15) is 11.1 Å². The summed E-state index contributed by atoms with van der Waals surface area (Å²) in [5.41, 5.74) is 10.1. The minimum atomic E-state index is -2.79. The van der Waals surface area contributed by atoms with Gasteiger partial charge in [0.1, 0.15) is 5.75 Å². The number of nitrogen functional groups attached to an aromatic ring is 1. The summed E-state index contributed by atoms with van der Waals surface area (Å²) in [5, 5.41) is 0. The summed E-state index contributed by atoms with van der Waals surface area (Å²) in [7, 11) is 0. The van der Waals surface area contributed by atoms with Crippen LogP contribution in [0.15, 0.2) is 42.5 Å². The molecule has 1 heterocycles. The molecule has 0 saturated heterocycles. The average Bonchev–Trinajstić information content (AvgIpc) is 2.84. The van der Waals surface area contributed by atoms with Gasteiger partial charge in [0, 0.05) is 24.5 Å². The molecule has 2 aromatic rings. The fraction of sp³-hybridized carbons (Fsp3) is 0.200. The molecular weight excluding hydrogens is 262 g/mol. The first-order chi connectivity index (χ1) is 9.63. The van der Waals surface area contributed by atoms with Crippen LogP contribution in [0.5, 0.6) is 5.75 Å². The van der Waals surface area contributed by atoms with Gasteiger partial charge in [0.05, 0.1) is 0 Å². The van der Waals surface area contributed by atoms with Gasteiger partial charge in [-0.3, -0.25) is 0 Å². The van der Waals surface area contributed by atoms with E-state index in [1.807, 2.05) is 12.1 Å². The van der Waals surface area contributed by atoms with Crippen LogP contribution in [0.25, 0.3) is 0 Å². The van der Waals surface area contributed by atoms with Gasteiger partial charge in [0.2, 0.25) is 0 Å². The number of benzene rings is 2. The maximum absolute atomic E-state index is 12.1. The molecule has 5 heteroatoms. The van der Waals surface area contributed by atoms with Crippen LogP contribution in [-0.4, -0.2) is 6.61 Å². The Morgan fingerprint density at radius 1 is 1.05 bits per heavy atom. The van der Waals surface area contributed by atoms with Crippen LogP contribution >= 0.6 is 0 Å². The quantitative estimate of drug-likeness (QED) is 0.873. The zero-order valence-corrected chi connectivity index (χ0v) is 10.7. The SMILES string of the molecule is Nc1cccc2c1CN(c1ccc(OC(F)F)cc1)C2. The van der Waals surface area contributed by atoms with Gasteiger partial charge < -0.3 is 15.4 Å². The van der Waals surface area contributed by atoms with Gasteiger partial charge in [-0.25, -0.2) is 0 Å². The number of fused-ring (bicyclic) bond motifs is 1. The molecule has 2 aromatic carbocycles. The van der Waals surface area contributed by atoms with Crippen molar-refractivity contribution in [3.05, 3.63) is 53.6 Å². The standard InChI is InChI=1S/C15H14F2N2O/c16-15(17)20-12-6-4-11(5-7-12)19-8-10-2-1-3-14(18)13(10)9-19/h1-7,15H,8-9,18H2. The Morgan fingerprint density at radius 3 is 2.45 bits per heavy atom. The summed E-state index contributed by atoms with van der Waals surface area (Å²) in [6.45, 7) is -1.29. The van der Waals surface area contributed by atoms with E-state index in [1.165, 1.54) is 5.56 Å². The minimum absolute atomic E-state index is 0.167. The summed E-state index contributed by atoms with van der Waals surface area (Å²) < 4.78 is 28.5. The van der Waals surface area contributed by atoms with Gasteiger partial charge in [-0.1, -0.05) is 12.1 Å². The van der Waals surface area contributed by atoms with E-state index in [2.05, 4.69) is 15.7 Å². The van der Waals surface area contributed by atoms with Crippen molar-refractivity contribution in [3.8, 4) is 5.75 Å². The number of halogens is 2. The van der Waals surface area contributed by atoms with Gasteiger partial charge in [-0.2, -0.15) is 8.78 Å². The smallest absolute Gasteiger partial charge is 0.387 e. The predicted octanol–water partition coefficient (Wildman–Crippen LogP) is 3.39. The molecule has 3 rings (SSSR count).